The van der Waals surface area contributed by atoms with Crippen molar-refractivity contribution in [2.75, 3.05) is 5.32 Å². The minimum absolute atomic E-state index is 0.0507. The number of nitrogens with one attached hydrogen (secondary N) is 1. The standard InChI is InChI=1S/C12H11NO3/c1-7(14)13-8-2-3-10-9(6-8)11(15)12(16-10)4-5-12/h2-3,6H,4-5H2,1H3,(H,13,14). The topological polar surface area (TPSA) is 55.4 Å². The van der Waals surface area contributed by atoms with Crippen molar-refractivity contribution >= 4 is 17.4 Å². The summed E-state index contributed by atoms with van der Waals surface area (Å²) >= 11 is 0. The van der Waals surface area contributed by atoms with E-state index in [1.807, 2.05) is 0 Å². The predicted octanol–water partition coefficient (Wildman–Crippen LogP) is 1.75. The SMILES string of the molecule is CC(=O)Nc1ccc2c(c1)C(=O)C1(CC1)O2. The molecule has 0 aromatic heterocycles. The van der Waals surface area contributed by atoms with Gasteiger partial charge in [-0.05, 0) is 31.0 Å². The lowest BCUT2D eigenvalue weighted by Gasteiger charge is -2.04. The van der Waals surface area contributed by atoms with E-state index in [1.165, 1.54) is 6.92 Å². The fraction of sp³-hybridized carbons (Fsp3) is 0.333. The number of hydrogen-bond acceptors (Lipinski definition) is 3. The molecule has 3 rings (SSSR count). The van der Waals surface area contributed by atoms with E-state index in [0.717, 1.165) is 12.8 Å². The number of fused-ring (bicyclic) bond motifs is 1. The first-order valence-electron chi connectivity index (χ1n) is 5.26. The number of rotatable bonds is 1. The average Bonchev–Trinajstić information content (AvgIpc) is 2.94. The molecule has 1 saturated carbocycles. The maximum Gasteiger partial charge on any atom is 0.221 e. The van der Waals surface area contributed by atoms with Gasteiger partial charge in [0.2, 0.25) is 11.7 Å². The van der Waals surface area contributed by atoms with Gasteiger partial charge in [0, 0.05) is 12.6 Å². The number of Topliss-reactive ketones (excluding diaryl/α,β-unsaturated/α-hetero) is 1. The number of hydrogen-bond donors (Lipinski definition) is 1. The van der Waals surface area contributed by atoms with Crippen LogP contribution in [-0.4, -0.2) is 17.3 Å². The van der Waals surface area contributed by atoms with E-state index in [0.29, 0.717) is 17.0 Å². The summed E-state index contributed by atoms with van der Waals surface area (Å²) in [7, 11) is 0. The minimum Gasteiger partial charge on any atom is -0.478 e. The first-order chi connectivity index (χ1) is 7.61. The van der Waals surface area contributed by atoms with Crippen LogP contribution in [0.1, 0.15) is 30.1 Å². The summed E-state index contributed by atoms with van der Waals surface area (Å²) in [5, 5.41) is 2.66. The molecule has 0 unspecified atom stereocenters. The van der Waals surface area contributed by atoms with Crippen LogP contribution in [-0.2, 0) is 4.79 Å². The second kappa shape index (κ2) is 2.84. The third kappa shape index (κ3) is 1.23. The monoisotopic (exact) mass is 217 g/mol. The highest BCUT2D eigenvalue weighted by Crippen LogP contribution is 2.50. The zero-order valence-corrected chi connectivity index (χ0v) is 8.87. The van der Waals surface area contributed by atoms with Crippen molar-refractivity contribution in [2.45, 2.75) is 25.4 Å². The Balaban J connectivity index is 1.98. The minimum atomic E-state index is -0.558. The maximum absolute atomic E-state index is 12.0. The highest BCUT2D eigenvalue weighted by molar-refractivity contribution is 6.10. The summed E-state index contributed by atoms with van der Waals surface area (Å²) in [5.74, 6) is 0.541. The summed E-state index contributed by atoms with van der Waals surface area (Å²) in [4.78, 5) is 22.9. The quantitative estimate of drug-likeness (QED) is 0.779. The molecular weight excluding hydrogens is 206 g/mol. The van der Waals surface area contributed by atoms with E-state index >= 15 is 0 Å². The normalized spacial score (nSPS) is 19.2. The fourth-order valence-electron chi connectivity index (χ4n) is 2.02. The van der Waals surface area contributed by atoms with Gasteiger partial charge in [-0.15, -0.1) is 0 Å². The predicted molar refractivity (Wildman–Crippen MR) is 57.7 cm³/mol. The molecule has 4 heteroatoms. The van der Waals surface area contributed by atoms with Crippen LogP contribution in [0.3, 0.4) is 0 Å². The van der Waals surface area contributed by atoms with E-state index in [1.54, 1.807) is 18.2 Å². The lowest BCUT2D eigenvalue weighted by molar-refractivity contribution is -0.114. The number of carbonyl (C=O) groups excluding carboxylic acids is 2. The Labute approximate surface area is 92.6 Å². The van der Waals surface area contributed by atoms with Crippen molar-refractivity contribution in [3.05, 3.63) is 23.8 Å². The van der Waals surface area contributed by atoms with Crippen LogP contribution < -0.4 is 10.1 Å². The van der Waals surface area contributed by atoms with E-state index in [2.05, 4.69) is 5.32 Å². The van der Waals surface area contributed by atoms with Crippen LogP contribution in [0, 0.1) is 0 Å². The first-order valence-corrected chi connectivity index (χ1v) is 5.26. The number of carbonyl (C=O) groups is 2. The van der Waals surface area contributed by atoms with Gasteiger partial charge in [0.15, 0.2) is 5.60 Å². The van der Waals surface area contributed by atoms with Crippen LogP contribution in [0.2, 0.25) is 0 Å². The number of ketones is 1. The summed E-state index contributed by atoms with van der Waals surface area (Å²) in [5.41, 5.74) is 0.668. The summed E-state index contributed by atoms with van der Waals surface area (Å²) in [6, 6.07) is 5.17. The molecular formula is C12H11NO3. The first kappa shape index (κ1) is 9.39. The fourth-order valence-corrected chi connectivity index (χ4v) is 2.02. The maximum atomic E-state index is 12.0. The van der Waals surface area contributed by atoms with Gasteiger partial charge in [-0.3, -0.25) is 9.59 Å². The molecule has 0 bridgehead atoms. The van der Waals surface area contributed by atoms with Crippen LogP contribution in [0.5, 0.6) is 5.75 Å². The van der Waals surface area contributed by atoms with Gasteiger partial charge in [-0.1, -0.05) is 0 Å². The third-order valence-corrected chi connectivity index (χ3v) is 2.97. The lowest BCUT2D eigenvalue weighted by atomic mass is 10.1. The molecule has 1 aliphatic heterocycles. The molecule has 1 aliphatic carbocycles. The van der Waals surface area contributed by atoms with E-state index < -0.39 is 5.60 Å². The van der Waals surface area contributed by atoms with Crippen LogP contribution in [0.25, 0.3) is 0 Å². The Hall–Kier alpha value is -1.84. The van der Waals surface area contributed by atoms with Crippen molar-refractivity contribution in [1.82, 2.24) is 0 Å². The number of amides is 1. The second-order valence-electron chi connectivity index (χ2n) is 4.32. The number of ether oxygens (including phenoxy) is 1. The lowest BCUT2D eigenvalue weighted by Crippen LogP contribution is -2.21. The zero-order valence-electron chi connectivity index (χ0n) is 8.87. The van der Waals surface area contributed by atoms with Crippen molar-refractivity contribution < 1.29 is 14.3 Å². The van der Waals surface area contributed by atoms with Gasteiger partial charge in [-0.25, -0.2) is 0 Å². The van der Waals surface area contributed by atoms with Crippen molar-refractivity contribution in [2.24, 2.45) is 0 Å². The molecule has 1 spiro atoms. The molecule has 16 heavy (non-hydrogen) atoms. The molecule has 1 aromatic carbocycles. The van der Waals surface area contributed by atoms with Crippen molar-refractivity contribution in [1.29, 1.82) is 0 Å². The zero-order chi connectivity index (χ0) is 11.3. The molecule has 2 aliphatic rings. The largest absolute Gasteiger partial charge is 0.478 e. The highest BCUT2D eigenvalue weighted by atomic mass is 16.5. The molecule has 4 nitrogen and oxygen atoms in total. The molecule has 1 N–H and O–H groups in total. The Morgan fingerprint density at radius 1 is 1.44 bits per heavy atom. The third-order valence-electron chi connectivity index (χ3n) is 2.97. The van der Waals surface area contributed by atoms with E-state index in [9.17, 15) is 9.59 Å². The molecule has 1 fully saturated rings. The average molecular weight is 217 g/mol. The van der Waals surface area contributed by atoms with Crippen molar-refractivity contribution in [3.8, 4) is 5.75 Å². The number of anilines is 1. The number of benzene rings is 1. The summed E-state index contributed by atoms with van der Waals surface area (Å²) in [6.07, 6.45) is 1.60. The summed E-state index contributed by atoms with van der Waals surface area (Å²) < 4.78 is 5.62. The second-order valence-corrected chi connectivity index (χ2v) is 4.32. The Morgan fingerprint density at radius 3 is 2.81 bits per heavy atom. The molecule has 0 radical (unpaired) electrons. The summed E-state index contributed by atoms with van der Waals surface area (Å²) in [6.45, 7) is 1.44. The smallest absolute Gasteiger partial charge is 0.221 e. The van der Waals surface area contributed by atoms with Gasteiger partial charge in [0.25, 0.3) is 0 Å². The molecule has 82 valence electrons. The Bertz CT molecular complexity index is 503. The van der Waals surface area contributed by atoms with Gasteiger partial charge < -0.3 is 10.1 Å². The molecule has 0 saturated heterocycles. The van der Waals surface area contributed by atoms with Crippen molar-refractivity contribution in [3.63, 3.8) is 0 Å². The van der Waals surface area contributed by atoms with Gasteiger partial charge in [-0.2, -0.15) is 0 Å². The van der Waals surface area contributed by atoms with Crippen LogP contribution >= 0.6 is 0 Å². The molecule has 1 aromatic rings. The highest BCUT2D eigenvalue weighted by Gasteiger charge is 2.57. The van der Waals surface area contributed by atoms with Gasteiger partial charge in [0.1, 0.15) is 5.75 Å². The van der Waals surface area contributed by atoms with Gasteiger partial charge >= 0.3 is 0 Å². The van der Waals surface area contributed by atoms with Crippen LogP contribution in [0.4, 0.5) is 5.69 Å². The van der Waals surface area contributed by atoms with E-state index in [-0.39, 0.29) is 11.7 Å². The van der Waals surface area contributed by atoms with E-state index in [4.69, 9.17) is 4.74 Å². The Kier molecular flexibility index (Phi) is 1.67. The van der Waals surface area contributed by atoms with Crippen LogP contribution in [0.15, 0.2) is 18.2 Å². The van der Waals surface area contributed by atoms with Gasteiger partial charge in [0.05, 0.1) is 5.56 Å². The molecule has 0 atom stereocenters. The molecule has 1 amide bonds. The molecule has 1 heterocycles. The Morgan fingerprint density at radius 2 is 2.19 bits per heavy atom.